The number of halogens is 1. The number of aryl methyl sites for hydroxylation is 2. The van der Waals surface area contributed by atoms with Crippen LogP contribution in [0, 0.1) is 25.2 Å². The number of unbranched alkanes of at least 4 members (excludes halogenated alkanes) is 1. The van der Waals surface area contributed by atoms with Crippen LogP contribution >= 0.6 is 11.6 Å². The van der Waals surface area contributed by atoms with E-state index in [1.54, 1.807) is 37.3 Å². The standard InChI is InChI=1S/C31H27ClN2O5/c1-4-5-12-36-20-8-6-19(7-9-20)28-22-11-10-21(14-27(22)39-30(34)24(28)16-33)37-31(35)29-18(3)23-15-25(32)17(2)13-26(23)38-29/h6-11,13-15,28H,4-5,12,34H2,1-3H3. The molecule has 7 nitrogen and oxygen atoms in total. The van der Waals surface area contributed by atoms with Gasteiger partial charge >= 0.3 is 5.97 Å². The van der Waals surface area contributed by atoms with E-state index >= 15 is 0 Å². The molecule has 3 aromatic carbocycles. The van der Waals surface area contributed by atoms with Crippen molar-refractivity contribution in [2.45, 2.75) is 39.5 Å². The monoisotopic (exact) mass is 542 g/mol. The second kappa shape index (κ2) is 10.8. The second-order valence-corrected chi connectivity index (χ2v) is 9.85. The van der Waals surface area contributed by atoms with E-state index in [2.05, 4.69) is 13.0 Å². The summed E-state index contributed by atoms with van der Waals surface area (Å²) in [5, 5.41) is 11.2. The maximum atomic E-state index is 13.0. The third kappa shape index (κ3) is 5.04. The lowest BCUT2D eigenvalue weighted by molar-refractivity contribution is 0.0702. The van der Waals surface area contributed by atoms with Crippen LogP contribution < -0.4 is 19.9 Å². The van der Waals surface area contributed by atoms with Gasteiger partial charge in [-0.3, -0.25) is 0 Å². The number of fused-ring (bicyclic) bond motifs is 2. The molecule has 2 heterocycles. The van der Waals surface area contributed by atoms with E-state index in [4.69, 9.17) is 36.0 Å². The number of hydrogen-bond donors (Lipinski definition) is 1. The molecule has 1 aliphatic heterocycles. The van der Waals surface area contributed by atoms with Gasteiger partial charge in [0.15, 0.2) is 0 Å². The molecule has 1 aliphatic rings. The molecule has 1 aromatic heterocycles. The highest BCUT2D eigenvalue weighted by molar-refractivity contribution is 6.32. The van der Waals surface area contributed by atoms with Crippen LogP contribution in [-0.2, 0) is 0 Å². The zero-order valence-corrected chi connectivity index (χ0v) is 22.6. The fourth-order valence-electron chi connectivity index (χ4n) is 4.62. The molecule has 198 valence electrons. The number of nitriles is 1. The summed E-state index contributed by atoms with van der Waals surface area (Å²) in [5.41, 5.74) is 10.1. The van der Waals surface area contributed by atoms with E-state index in [0.29, 0.717) is 34.1 Å². The highest BCUT2D eigenvalue weighted by atomic mass is 35.5. The van der Waals surface area contributed by atoms with Gasteiger partial charge in [0.05, 0.1) is 12.5 Å². The van der Waals surface area contributed by atoms with E-state index in [0.717, 1.165) is 40.7 Å². The van der Waals surface area contributed by atoms with Crippen LogP contribution in [0.4, 0.5) is 0 Å². The molecule has 0 bridgehead atoms. The van der Waals surface area contributed by atoms with Gasteiger partial charge < -0.3 is 24.4 Å². The summed E-state index contributed by atoms with van der Waals surface area (Å²) < 4.78 is 23.0. The summed E-state index contributed by atoms with van der Waals surface area (Å²) in [5.74, 6) is 0.407. The van der Waals surface area contributed by atoms with Crippen LogP contribution in [-0.4, -0.2) is 12.6 Å². The lowest BCUT2D eigenvalue weighted by Crippen LogP contribution is -2.21. The van der Waals surface area contributed by atoms with Gasteiger partial charge in [-0.15, -0.1) is 0 Å². The molecule has 4 aromatic rings. The minimum atomic E-state index is -0.648. The first kappa shape index (κ1) is 26.2. The largest absolute Gasteiger partial charge is 0.494 e. The topological polar surface area (TPSA) is 108 Å². The van der Waals surface area contributed by atoms with Crippen molar-refractivity contribution in [3.63, 3.8) is 0 Å². The zero-order chi connectivity index (χ0) is 27.7. The summed E-state index contributed by atoms with van der Waals surface area (Å²) in [4.78, 5) is 13.0. The van der Waals surface area contributed by atoms with Crippen LogP contribution in [0.25, 0.3) is 11.0 Å². The maximum Gasteiger partial charge on any atom is 0.379 e. The van der Waals surface area contributed by atoms with Crippen molar-refractivity contribution in [1.29, 1.82) is 5.26 Å². The van der Waals surface area contributed by atoms with Gasteiger partial charge in [-0.1, -0.05) is 43.1 Å². The van der Waals surface area contributed by atoms with Gasteiger partial charge in [0, 0.05) is 27.6 Å². The number of allylic oxidation sites excluding steroid dienone is 1. The van der Waals surface area contributed by atoms with Crippen molar-refractivity contribution < 1.29 is 23.4 Å². The van der Waals surface area contributed by atoms with E-state index < -0.39 is 11.9 Å². The molecule has 1 unspecified atom stereocenters. The number of esters is 1. The molecule has 2 N–H and O–H groups in total. The Hall–Kier alpha value is -4.41. The Morgan fingerprint density at radius 2 is 1.85 bits per heavy atom. The van der Waals surface area contributed by atoms with Crippen molar-refractivity contribution in [2.75, 3.05) is 6.61 Å². The SMILES string of the molecule is CCCCOc1ccc(C2C(C#N)=C(N)Oc3cc(OC(=O)c4oc5cc(C)c(Cl)cc5c4C)ccc32)cc1. The molecule has 8 heteroatoms. The normalized spacial score (nSPS) is 14.5. The molecule has 0 aliphatic carbocycles. The molecule has 0 spiro atoms. The number of rotatable bonds is 7. The number of nitrogens with two attached hydrogens (primary N) is 1. The number of carbonyl (C=O) groups is 1. The van der Waals surface area contributed by atoms with Crippen molar-refractivity contribution in [1.82, 2.24) is 0 Å². The average molecular weight is 543 g/mol. The fraction of sp³-hybridized carbons (Fsp3) is 0.226. The van der Waals surface area contributed by atoms with Crippen LogP contribution in [0.1, 0.15) is 58.5 Å². The van der Waals surface area contributed by atoms with Crippen LogP contribution in [0.3, 0.4) is 0 Å². The highest BCUT2D eigenvalue weighted by Crippen LogP contribution is 2.44. The van der Waals surface area contributed by atoms with Crippen LogP contribution in [0.2, 0.25) is 5.02 Å². The van der Waals surface area contributed by atoms with Gasteiger partial charge in [0.2, 0.25) is 11.6 Å². The predicted octanol–water partition coefficient (Wildman–Crippen LogP) is 7.32. The number of hydrogen-bond acceptors (Lipinski definition) is 7. The first-order chi connectivity index (χ1) is 18.8. The molecule has 1 atom stereocenters. The molecule has 39 heavy (non-hydrogen) atoms. The minimum Gasteiger partial charge on any atom is -0.494 e. The number of ether oxygens (including phenoxy) is 3. The number of furan rings is 1. The van der Waals surface area contributed by atoms with Crippen molar-refractivity contribution in [2.24, 2.45) is 5.73 Å². The molecule has 0 radical (unpaired) electrons. The lowest BCUT2D eigenvalue weighted by Gasteiger charge is -2.26. The highest BCUT2D eigenvalue weighted by Gasteiger charge is 2.31. The summed E-state index contributed by atoms with van der Waals surface area (Å²) >= 11 is 6.26. The number of nitrogens with zero attached hydrogens (tertiary/aromatic N) is 1. The van der Waals surface area contributed by atoms with Crippen molar-refractivity contribution in [3.05, 3.63) is 99.1 Å². The Balaban J connectivity index is 1.42. The van der Waals surface area contributed by atoms with Gasteiger partial charge in [0.1, 0.15) is 34.5 Å². The molecular weight excluding hydrogens is 516 g/mol. The molecule has 5 rings (SSSR count). The molecule has 0 amide bonds. The fourth-order valence-corrected chi connectivity index (χ4v) is 4.79. The Kier molecular flexibility index (Phi) is 7.23. The average Bonchev–Trinajstić information content (AvgIpc) is 3.23. The quantitative estimate of drug-likeness (QED) is 0.148. The first-order valence-corrected chi connectivity index (χ1v) is 13.0. The minimum absolute atomic E-state index is 0.00197. The van der Waals surface area contributed by atoms with E-state index in [9.17, 15) is 10.1 Å². The zero-order valence-electron chi connectivity index (χ0n) is 21.8. The summed E-state index contributed by atoms with van der Waals surface area (Å²) in [7, 11) is 0. The Morgan fingerprint density at radius 1 is 1.10 bits per heavy atom. The summed E-state index contributed by atoms with van der Waals surface area (Å²) in [6.07, 6.45) is 2.03. The van der Waals surface area contributed by atoms with E-state index in [1.165, 1.54) is 0 Å². The molecule has 0 saturated heterocycles. The van der Waals surface area contributed by atoms with E-state index in [-0.39, 0.29) is 17.4 Å². The van der Waals surface area contributed by atoms with Gasteiger partial charge in [0.25, 0.3) is 0 Å². The van der Waals surface area contributed by atoms with Crippen molar-refractivity contribution >= 4 is 28.5 Å². The predicted molar refractivity (Wildman–Crippen MR) is 148 cm³/mol. The van der Waals surface area contributed by atoms with Crippen LogP contribution in [0.15, 0.2) is 70.5 Å². The smallest absolute Gasteiger partial charge is 0.379 e. The molecule has 0 fully saturated rings. The van der Waals surface area contributed by atoms with Gasteiger partial charge in [-0.25, -0.2) is 4.79 Å². The van der Waals surface area contributed by atoms with Crippen LogP contribution in [0.5, 0.6) is 17.2 Å². The summed E-state index contributed by atoms with van der Waals surface area (Å²) in [6.45, 7) is 6.41. The van der Waals surface area contributed by atoms with Gasteiger partial charge in [-0.05, 0) is 61.7 Å². The first-order valence-electron chi connectivity index (χ1n) is 12.7. The Morgan fingerprint density at radius 3 is 2.56 bits per heavy atom. The number of benzene rings is 3. The third-order valence-electron chi connectivity index (χ3n) is 6.78. The summed E-state index contributed by atoms with van der Waals surface area (Å²) in [6, 6.07) is 18.4. The Bertz CT molecular complexity index is 1650. The molecule has 0 saturated carbocycles. The maximum absolute atomic E-state index is 13.0. The number of carbonyl (C=O) groups excluding carboxylic acids is 1. The molecular formula is C31H27ClN2O5. The second-order valence-electron chi connectivity index (χ2n) is 9.44. The lowest BCUT2D eigenvalue weighted by atomic mass is 9.83. The Labute approximate surface area is 231 Å². The van der Waals surface area contributed by atoms with Crippen molar-refractivity contribution in [3.8, 4) is 23.3 Å². The van der Waals surface area contributed by atoms with E-state index in [1.807, 2.05) is 31.2 Å². The third-order valence-corrected chi connectivity index (χ3v) is 7.19. The van der Waals surface area contributed by atoms with Gasteiger partial charge in [-0.2, -0.15) is 5.26 Å².